The second-order valence-electron chi connectivity index (χ2n) is 10.3. The molecule has 5 aromatic rings. The molecule has 0 saturated heterocycles. The molecule has 0 fully saturated rings. The lowest BCUT2D eigenvalue weighted by Crippen LogP contribution is -2.17. The smallest absolute Gasteiger partial charge is 0.0444 e. The van der Waals surface area contributed by atoms with Gasteiger partial charge in [0.15, 0.2) is 0 Å². The highest BCUT2D eigenvalue weighted by molar-refractivity contribution is 6.14. The molecule has 1 nitrogen and oxygen atoms in total. The van der Waals surface area contributed by atoms with Gasteiger partial charge in [0.05, 0.1) is 0 Å². The Bertz CT molecular complexity index is 1600. The Labute approximate surface area is 195 Å². The normalized spacial score (nSPS) is 15.7. The number of hydrogen-bond acceptors (Lipinski definition) is 1. The van der Waals surface area contributed by atoms with E-state index < -0.39 is 0 Å². The summed E-state index contributed by atoms with van der Waals surface area (Å²) in [5.41, 5.74) is 11.2. The third-order valence-electron chi connectivity index (χ3n) is 7.99. The lowest BCUT2D eigenvalue weighted by molar-refractivity contribution is 0.660. The number of benzene rings is 5. The van der Waals surface area contributed by atoms with Crippen LogP contribution in [0.1, 0.15) is 36.1 Å². The van der Waals surface area contributed by atoms with Gasteiger partial charge in [0.25, 0.3) is 0 Å². The molecule has 1 aliphatic carbocycles. The molecule has 0 amide bonds. The van der Waals surface area contributed by atoms with Gasteiger partial charge >= 0.3 is 0 Å². The summed E-state index contributed by atoms with van der Waals surface area (Å²) in [6, 6.07) is 32.1. The monoisotopic (exact) mass is 425 g/mol. The second-order valence-corrected chi connectivity index (χ2v) is 10.3. The molecule has 5 aromatic carbocycles. The zero-order valence-corrected chi connectivity index (χ0v) is 19.4. The molecule has 0 radical (unpaired) electrons. The maximum absolute atomic E-state index is 2.50. The van der Waals surface area contributed by atoms with Crippen LogP contribution < -0.4 is 4.90 Å². The summed E-state index contributed by atoms with van der Waals surface area (Å²) in [6.07, 6.45) is 1.12. The third-order valence-corrected chi connectivity index (χ3v) is 7.99. The molecule has 1 heterocycles. The van der Waals surface area contributed by atoms with Crippen LogP contribution in [0.3, 0.4) is 0 Å². The van der Waals surface area contributed by atoms with E-state index in [-0.39, 0.29) is 5.41 Å². The van der Waals surface area contributed by atoms with Crippen molar-refractivity contribution in [2.24, 2.45) is 0 Å². The van der Waals surface area contributed by atoms with Gasteiger partial charge in [-0.3, -0.25) is 0 Å². The maximum atomic E-state index is 2.50. The van der Waals surface area contributed by atoms with Crippen molar-refractivity contribution in [3.8, 4) is 11.1 Å². The van der Waals surface area contributed by atoms with Crippen molar-refractivity contribution < 1.29 is 0 Å². The van der Waals surface area contributed by atoms with Crippen molar-refractivity contribution in [3.63, 3.8) is 0 Å². The van der Waals surface area contributed by atoms with Gasteiger partial charge in [0.2, 0.25) is 0 Å². The van der Waals surface area contributed by atoms with Crippen molar-refractivity contribution in [1.82, 2.24) is 0 Å². The van der Waals surface area contributed by atoms with E-state index in [9.17, 15) is 0 Å². The molecule has 1 aliphatic heterocycles. The molecule has 0 aromatic heterocycles. The van der Waals surface area contributed by atoms with Crippen molar-refractivity contribution in [2.45, 2.75) is 32.6 Å². The Balaban J connectivity index is 1.43. The molecule has 0 unspecified atom stereocenters. The van der Waals surface area contributed by atoms with Crippen LogP contribution in [0.4, 0.5) is 11.4 Å². The van der Waals surface area contributed by atoms with E-state index in [0.29, 0.717) is 0 Å². The van der Waals surface area contributed by atoms with E-state index in [2.05, 4.69) is 111 Å². The second kappa shape index (κ2) is 6.48. The zero-order valence-electron chi connectivity index (χ0n) is 19.4. The van der Waals surface area contributed by atoms with Crippen LogP contribution >= 0.6 is 0 Å². The molecule has 7 rings (SSSR count). The summed E-state index contributed by atoms with van der Waals surface area (Å²) < 4.78 is 0. The molecule has 33 heavy (non-hydrogen) atoms. The average molecular weight is 426 g/mol. The Morgan fingerprint density at radius 3 is 2.48 bits per heavy atom. The number of anilines is 2. The SMILES string of the molecule is Cc1ccc2c(c1)CCN2c1ccc2c(c1)C(C)(C)c1ccc3c(ccc4ccccc43)c1-2. The average Bonchev–Trinajstić information content (AvgIpc) is 3.35. The first-order valence-corrected chi connectivity index (χ1v) is 12.0. The quantitative estimate of drug-likeness (QED) is 0.244. The summed E-state index contributed by atoms with van der Waals surface area (Å²) in [7, 11) is 0. The number of aryl methyl sites for hydroxylation is 1. The summed E-state index contributed by atoms with van der Waals surface area (Å²) in [5, 5.41) is 5.36. The predicted octanol–water partition coefficient (Wildman–Crippen LogP) is 8.30. The molecule has 160 valence electrons. The standard InChI is InChI=1S/C32H27N/c1-20-8-15-30-22(18-20)16-17-33(30)23-10-12-27-29(19-23)32(2,3)28-14-13-25-24-7-5-4-6-21(24)9-11-26(25)31(27)28/h4-15,18-19H,16-17H2,1-3H3. The van der Waals surface area contributed by atoms with E-state index >= 15 is 0 Å². The van der Waals surface area contributed by atoms with Crippen molar-refractivity contribution in [1.29, 1.82) is 0 Å². The van der Waals surface area contributed by atoms with Gasteiger partial charge < -0.3 is 4.90 Å². The summed E-state index contributed by atoms with van der Waals surface area (Å²) in [4.78, 5) is 2.50. The number of nitrogens with zero attached hydrogens (tertiary/aromatic N) is 1. The first kappa shape index (κ1) is 18.9. The fourth-order valence-electron chi connectivity index (χ4n) is 6.28. The zero-order chi connectivity index (χ0) is 22.3. The lowest BCUT2D eigenvalue weighted by Gasteiger charge is -2.25. The minimum Gasteiger partial charge on any atom is -0.341 e. The highest BCUT2D eigenvalue weighted by Crippen LogP contribution is 2.53. The Kier molecular flexibility index (Phi) is 3.72. The van der Waals surface area contributed by atoms with E-state index in [1.165, 1.54) is 66.3 Å². The van der Waals surface area contributed by atoms with Crippen LogP contribution in [0.2, 0.25) is 0 Å². The number of hydrogen-bond donors (Lipinski definition) is 0. The molecule has 0 saturated carbocycles. The lowest BCUT2D eigenvalue weighted by atomic mass is 9.81. The molecule has 0 atom stereocenters. The topological polar surface area (TPSA) is 3.24 Å². The first-order chi connectivity index (χ1) is 16.0. The van der Waals surface area contributed by atoms with Gasteiger partial charge in [-0.15, -0.1) is 0 Å². The van der Waals surface area contributed by atoms with Gasteiger partial charge in [-0.25, -0.2) is 0 Å². The fourth-order valence-corrected chi connectivity index (χ4v) is 6.28. The van der Waals surface area contributed by atoms with Gasteiger partial charge in [0, 0.05) is 23.3 Å². The van der Waals surface area contributed by atoms with Crippen molar-refractivity contribution >= 4 is 32.9 Å². The van der Waals surface area contributed by atoms with Crippen LogP contribution in [0.5, 0.6) is 0 Å². The number of rotatable bonds is 1. The van der Waals surface area contributed by atoms with E-state index in [1.54, 1.807) is 0 Å². The van der Waals surface area contributed by atoms with Crippen LogP contribution in [0.25, 0.3) is 32.7 Å². The van der Waals surface area contributed by atoms with Gasteiger partial charge in [-0.05, 0) is 80.9 Å². The third kappa shape index (κ3) is 2.54. The Morgan fingerprint density at radius 2 is 1.58 bits per heavy atom. The first-order valence-electron chi connectivity index (χ1n) is 12.0. The van der Waals surface area contributed by atoms with E-state index in [1.807, 2.05) is 0 Å². The maximum Gasteiger partial charge on any atom is 0.0444 e. The van der Waals surface area contributed by atoms with Crippen LogP contribution in [0.15, 0.2) is 84.9 Å². The minimum absolute atomic E-state index is 0.0175. The van der Waals surface area contributed by atoms with E-state index in [4.69, 9.17) is 0 Å². The molecule has 2 aliphatic rings. The highest BCUT2D eigenvalue weighted by atomic mass is 15.2. The van der Waals surface area contributed by atoms with Crippen LogP contribution in [-0.4, -0.2) is 6.54 Å². The van der Waals surface area contributed by atoms with Gasteiger partial charge in [-0.1, -0.05) is 86.1 Å². The molecule has 1 heteroatoms. The summed E-state index contributed by atoms with van der Waals surface area (Å²) in [5.74, 6) is 0. The molecule has 0 N–H and O–H groups in total. The Morgan fingerprint density at radius 1 is 0.727 bits per heavy atom. The van der Waals surface area contributed by atoms with Crippen molar-refractivity contribution in [3.05, 3.63) is 107 Å². The van der Waals surface area contributed by atoms with Crippen molar-refractivity contribution in [2.75, 3.05) is 11.4 Å². The molecule has 0 bridgehead atoms. The fraction of sp³-hybridized carbons (Fsp3) is 0.188. The van der Waals surface area contributed by atoms with Gasteiger partial charge in [-0.2, -0.15) is 0 Å². The van der Waals surface area contributed by atoms with Crippen LogP contribution in [0, 0.1) is 6.92 Å². The number of fused-ring (bicyclic) bond motifs is 8. The largest absolute Gasteiger partial charge is 0.341 e. The highest BCUT2D eigenvalue weighted by Gasteiger charge is 2.37. The predicted molar refractivity (Wildman–Crippen MR) is 141 cm³/mol. The molecular weight excluding hydrogens is 398 g/mol. The van der Waals surface area contributed by atoms with Gasteiger partial charge in [0.1, 0.15) is 0 Å². The summed E-state index contributed by atoms with van der Waals surface area (Å²) >= 11 is 0. The molecule has 0 spiro atoms. The summed E-state index contributed by atoms with van der Waals surface area (Å²) in [6.45, 7) is 8.01. The molecular formula is C32H27N. The van der Waals surface area contributed by atoms with E-state index in [0.717, 1.165) is 13.0 Å². The van der Waals surface area contributed by atoms with Crippen LogP contribution in [-0.2, 0) is 11.8 Å². The minimum atomic E-state index is -0.0175. The Hall–Kier alpha value is -3.58.